The monoisotopic (exact) mass is 371 g/mol. The summed E-state index contributed by atoms with van der Waals surface area (Å²) < 4.78 is 5.12. The van der Waals surface area contributed by atoms with Crippen LogP contribution in [0.4, 0.5) is 5.82 Å². The van der Waals surface area contributed by atoms with E-state index >= 15 is 0 Å². The molecule has 0 saturated heterocycles. The van der Waals surface area contributed by atoms with Crippen LogP contribution >= 0.6 is 0 Å². The first-order valence-electron chi connectivity index (χ1n) is 8.55. The Labute approximate surface area is 161 Å². The molecule has 4 aromatic rings. The number of ether oxygens (including phenoxy) is 1. The Morgan fingerprint density at radius 1 is 1.11 bits per heavy atom. The summed E-state index contributed by atoms with van der Waals surface area (Å²) in [6.45, 7) is 3.45. The van der Waals surface area contributed by atoms with Crippen molar-refractivity contribution in [3.63, 3.8) is 0 Å². The summed E-state index contributed by atoms with van der Waals surface area (Å²) in [6, 6.07) is 9.49. The summed E-state index contributed by atoms with van der Waals surface area (Å²) in [6.07, 6.45) is 8.31. The minimum atomic E-state index is -0.307. The highest BCUT2D eigenvalue weighted by Crippen LogP contribution is 2.31. The lowest BCUT2D eigenvalue weighted by atomic mass is 10.0. The average Bonchev–Trinajstić information content (AvgIpc) is 3.17. The van der Waals surface area contributed by atoms with Crippen molar-refractivity contribution in [2.75, 3.05) is 12.4 Å². The minimum absolute atomic E-state index is 0.307. The van der Waals surface area contributed by atoms with Gasteiger partial charge in [0.1, 0.15) is 11.5 Å². The van der Waals surface area contributed by atoms with Crippen LogP contribution in [0.15, 0.2) is 67.8 Å². The Morgan fingerprint density at radius 3 is 2.71 bits per heavy atom. The molecule has 0 saturated carbocycles. The van der Waals surface area contributed by atoms with Crippen molar-refractivity contribution < 1.29 is 9.53 Å². The first-order valence-corrected chi connectivity index (χ1v) is 8.55. The molecule has 4 aromatic heterocycles. The number of hydrogen-bond acceptors (Lipinski definition) is 5. The summed E-state index contributed by atoms with van der Waals surface area (Å²) in [5.74, 6) is 0.711. The maximum atomic E-state index is 11.5. The van der Waals surface area contributed by atoms with Gasteiger partial charge in [0.15, 0.2) is 0 Å². The van der Waals surface area contributed by atoms with Gasteiger partial charge in [0, 0.05) is 52.9 Å². The zero-order valence-corrected chi connectivity index (χ0v) is 15.1. The van der Waals surface area contributed by atoms with Gasteiger partial charge in [0.25, 0.3) is 0 Å². The molecule has 0 spiro atoms. The fourth-order valence-electron chi connectivity index (χ4n) is 2.92. The third-order valence-electron chi connectivity index (χ3n) is 4.32. The van der Waals surface area contributed by atoms with Gasteiger partial charge in [0.2, 0.25) is 11.8 Å². The van der Waals surface area contributed by atoms with Gasteiger partial charge in [-0.25, -0.2) is 15.0 Å². The Morgan fingerprint density at radius 2 is 1.96 bits per heavy atom. The van der Waals surface area contributed by atoms with Gasteiger partial charge in [0.05, 0.1) is 7.11 Å². The smallest absolute Gasteiger partial charge is 0.248 e. The highest BCUT2D eigenvalue weighted by Gasteiger charge is 2.10. The quantitative estimate of drug-likeness (QED) is 0.520. The molecule has 4 rings (SSSR count). The van der Waals surface area contributed by atoms with Gasteiger partial charge in [-0.1, -0.05) is 6.58 Å². The van der Waals surface area contributed by atoms with Crippen LogP contribution in [0.2, 0.25) is 0 Å². The zero-order chi connectivity index (χ0) is 19.5. The number of carbonyl (C=O) groups is 1. The highest BCUT2D eigenvalue weighted by atomic mass is 16.5. The van der Waals surface area contributed by atoms with Gasteiger partial charge < -0.3 is 15.0 Å². The average molecular weight is 371 g/mol. The topological polar surface area (TPSA) is 92.8 Å². The van der Waals surface area contributed by atoms with Crippen molar-refractivity contribution in [3.8, 4) is 28.1 Å². The molecule has 0 atom stereocenters. The Bertz CT molecular complexity index is 1170. The fourth-order valence-corrected chi connectivity index (χ4v) is 2.92. The number of hydrogen-bond donors (Lipinski definition) is 2. The van der Waals surface area contributed by atoms with Crippen molar-refractivity contribution in [2.24, 2.45) is 0 Å². The van der Waals surface area contributed by atoms with E-state index in [-0.39, 0.29) is 5.91 Å². The SMILES string of the molecule is C=CC(=O)Nc1cc(-c2cnc3[nH]cc(-c4ccc(OC)nc4)c3c2)ccn1. The van der Waals surface area contributed by atoms with Crippen LogP contribution in [0.5, 0.6) is 5.88 Å². The molecule has 2 N–H and O–H groups in total. The second kappa shape index (κ2) is 7.32. The number of fused-ring (bicyclic) bond motifs is 1. The maximum Gasteiger partial charge on any atom is 0.248 e. The highest BCUT2D eigenvalue weighted by molar-refractivity contribution is 5.99. The first-order chi connectivity index (χ1) is 13.7. The van der Waals surface area contributed by atoms with Gasteiger partial charge in [-0.3, -0.25) is 4.79 Å². The Hall–Kier alpha value is -4.00. The van der Waals surface area contributed by atoms with E-state index in [9.17, 15) is 4.79 Å². The van der Waals surface area contributed by atoms with Gasteiger partial charge in [-0.2, -0.15) is 0 Å². The third-order valence-corrected chi connectivity index (χ3v) is 4.32. The van der Waals surface area contributed by atoms with Crippen LogP contribution in [0.1, 0.15) is 0 Å². The van der Waals surface area contributed by atoms with Crippen molar-refractivity contribution >= 4 is 22.8 Å². The summed E-state index contributed by atoms with van der Waals surface area (Å²) >= 11 is 0. The van der Waals surface area contributed by atoms with E-state index < -0.39 is 0 Å². The predicted octanol–water partition coefficient (Wildman–Crippen LogP) is 3.82. The number of pyridine rings is 3. The van der Waals surface area contributed by atoms with Crippen molar-refractivity contribution in [1.82, 2.24) is 19.9 Å². The first kappa shape index (κ1) is 17.4. The number of aromatic amines is 1. The van der Waals surface area contributed by atoms with Crippen LogP contribution in [-0.2, 0) is 4.79 Å². The fraction of sp³-hybridized carbons (Fsp3) is 0.0476. The normalized spacial score (nSPS) is 10.6. The number of rotatable bonds is 5. The molecule has 1 amide bonds. The minimum Gasteiger partial charge on any atom is -0.481 e. The Balaban J connectivity index is 1.74. The number of methoxy groups -OCH3 is 1. The molecule has 0 aliphatic rings. The van der Waals surface area contributed by atoms with Gasteiger partial charge in [-0.05, 0) is 35.9 Å². The molecule has 138 valence electrons. The number of carbonyl (C=O) groups excluding carboxylic acids is 1. The summed E-state index contributed by atoms with van der Waals surface area (Å²) in [4.78, 5) is 27.7. The van der Waals surface area contributed by atoms with Crippen LogP contribution in [0, 0.1) is 0 Å². The lowest BCUT2D eigenvalue weighted by Crippen LogP contribution is -2.08. The number of anilines is 1. The third kappa shape index (κ3) is 3.33. The molecule has 0 fully saturated rings. The van der Waals surface area contributed by atoms with Crippen molar-refractivity contribution in [3.05, 3.63) is 67.8 Å². The van der Waals surface area contributed by atoms with Crippen LogP contribution in [-0.4, -0.2) is 33.0 Å². The molecule has 7 nitrogen and oxygen atoms in total. The largest absolute Gasteiger partial charge is 0.481 e. The standard InChI is InChI=1S/C21H17N5O2/c1-3-19(27)26-18-9-13(6-7-22-18)15-8-16-17(12-25-21(16)24-11-15)14-4-5-20(28-2)23-10-14/h3-12H,1H2,2H3,(H,24,25)(H,22,26,27). The zero-order valence-electron chi connectivity index (χ0n) is 15.1. The molecular weight excluding hydrogens is 354 g/mol. The van der Waals surface area contributed by atoms with Crippen molar-refractivity contribution in [1.29, 1.82) is 0 Å². The second-order valence-electron chi connectivity index (χ2n) is 6.03. The second-order valence-corrected chi connectivity index (χ2v) is 6.03. The van der Waals surface area contributed by atoms with Crippen LogP contribution in [0.3, 0.4) is 0 Å². The van der Waals surface area contributed by atoms with E-state index in [0.717, 1.165) is 33.3 Å². The molecule has 0 aliphatic heterocycles. The lowest BCUT2D eigenvalue weighted by Gasteiger charge is -2.06. The summed E-state index contributed by atoms with van der Waals surface area (Å²) in [5, 5.41) is 3.64. The van der Waals surface area contributed by atoms with Crippen LogP contribution < -0.4 is 10.1 Å². The van der Waals surface area contributed by atoms with Crippen molar-refractivity contribution in [2.45, 2.75) is 0 Å². The lowest BCUT2D eigenvalue weighted by molar-refractivity contribution is -0.111. The molecule has 0 bridgehead atoms. The molecule has 7 heteroatoms. The molecule has 0 radical (unpaired) electrons. The molecule has 28 heavy (non-hydrogen) atoms. The maximum absolute atomic E-state index is 11.5. The number of H-pyrrole nitrogens is 1. The molecule has 0 unspecified atom stereocenters. The van der Waals surface area contributed by atoms with Crippen LogP contribution in [0.25, 0.3) is 33.3 Å². The number of aromatic nitrogens is 4. The van der Waals surface area contributed by atoms with E-state index in [1.165, 1.54) is 6.08 Å². The summed E-state index contributed by atoms with van der Waals surface area (Å²) in [7, 11) is 1.59. The Kier molecular flexibility index (Phi) is 4.55. The van der Waals surface area contributed by atoms with Gasteiger partial charge >= 0.3 is 0 Å². The van der Waals surface area contributed by atoms with E-state index in [1.807, 2.05) is 30.5 Å². The van der Waals surface area contributed by atoms with E-state index in [2.05, 4.69) is 31.8 Å². The van der Waals surface area contributed by atoms with E-state index in [0.29, 0.717) is 11.7 Å². The van der Waals surface area contributed by atoms with E-state index in [1.54, 1.807) is 31.8 Å². The molecular formula is C21H17N5O2. The van der Waals surface area contributed by atoms with E-state index in [4.69, 9.17) is 4.74 Å². The predicted molar refractivity (Wildman–Crippen MR) is 108 cm³/mol. The number of nitrogens with zero attached hydrogens (tertiary/aromatic N) is 3. The van der Waals surface area contributed by atoms with Gasteiger partial charge in [-0.15, -0.1) is 0 Å². The molecule has 0 aliphatic carbocycles. The summed E-state index contributed by atoms with van der Waals surface area (Å²) in [5.41, 5.74) is 4.53. The number of nitrogens with one attached hydrogen (secondary N) is 2. The molecule has 0 aromatic carbocycles. The number of amides is 1. The molecule has 4 heterocycles.